The molecule has 3 heterocycles. The molecule has 6 heteroatoms. The Morgan fingerprint density at radius 2 is 2.32 bits per heavy atom. The molecule has 1 aliphatic heterocycles. The first-order valence-electron chi connectivity index (χ1n) is 6.56. The van der Waals surface area contributed by atoms with Crippen LogP contribution in [0.4, 0.5) is 5.95 Å². The fraction of sp³-hybridized carbons (Fsp3) is 0.462. The number of rotatable bonds is 2. The maximum Gasteiger partial charge on any atom is 0.245 e. The van der Waals surface area contributed by atoms with Gasteiger partial charge in [-0.15, -0.1) is 5.10 Å². The normalized spacial score (nSPS) is 19.7. The number of piperazine rings is 1. The minimum absolute atomic E-state index is 0.471. The van der Waals surface area contributed by atoms with Crippen LogP contribution >= 0.6 is 0 Å². The summed E-state index contributed by atoms with van der Waals surface area (Å²) in [5.74, 6) is 1.57. The Morgan fingerprint density at radius 1 is 1.42 bits per heavy atom. The van der Waals surface area contributed by atoms with Crippen LogP contribution < -0.4 is 10.2 Å². The molecule has 1 aliphatic rings. The van der Waals surface area contributed by atoms with E-state index in [-0.39, 0.29) is 0 Å². The first-order valence-corrected chi connectivity index (χ1v) is 6.56. The molecule has 1 atom stereocenters. The average molecular weight is 258 g/mol. The Labute approximate surface area is 112 Å². The number of pyridine rings is 1. The lowest BCUT2D eigenvalue weighted by Crippen LogP contribution is -2.49. The number of nitrogens with one attached hydrogen (secondary N) is 2. The van der Waals surface area contributed by atoms with Crippen LogP contribution in [0.25, 0.3) is 11.4 Å². The SMILES string of the molecule is Cc1cc(-c2nc(N3CCN[C@H](C)C3)n[nH]2)ccn1. The van der Waals surface area contributed by atoms with Gasteiger partial charge in [0.05, 0.1) is 0 Å². The van der Waals surface area contributed by atoms with E-state index in [0.29, 0.717) is 6.04 Å². The fourth-order valence-corrected chi connectivity index (χ4v) is 2.33. The molecule has 1 saturated heterocycles. The van der Waals surface area contributed by atoms with Crippen LogP contribution in [0.2, 0.25) is 0 Å². The van der Waals surface area contributed by atoms with Gasteiger partial charge in [0.15, 0.2) is 5.82 Å². The summed E-state index contributed by atoms with van der Waals surface area (Å²) in [7, 11) is 0. The second-order valence-electron chi connectivity index (χ2n) is 4.97. The van der Waals surface area contributed by atoms with Gasteiger partial charge in [0.1, 0.15) is 0 Å². The van der Waals surface area contributed by atoms with Crippen molar-refractivity contribution in [2.24, 2.45) is 0 Å². The van der Waals surface area contributed by atoms with E-state index in [4.69, 9.17) is 0 Å². The van der Waals surface area contributed by atoms with Crippen LogP contribution in [0.1, 0.15) is 12.6 Å². The van der Waals surface area contributed by atoms with Crippen molar-refractivity contribution in [3.63, 3.8) is 0 Å². The molecule has 3 rings (SSSR count). The van der Waals surface area contributed by atoms with Crippen molar-refractivity contribution in [2.45, 2.75) is 19.9 Å². The zero-order chi connectivity index (χ0) is 13.2. The second-order valence-corrected chi connectivity index (χ2v) is 4.97. The molecule has 2 aromatic heterocycles. The van der Waals surface area contributed by atoms with Crippen molar-refractivity contribution < 1.29 is 0 Å². The van der Waals surface area contributed by atoms with Gasteiger partial charge in [-0.25, -0.2) is 0 Å². The van der Waals surface area contributed by atoms with Gasteiger partial charge in [0.25, 0.3) is 0 Å². The topological polar surface area (TPSA) is 69.7 Å². The van der Waals surface area contributed by atoms with E-state index in [9.17, 15) is 0 Å². The van der Waals surface area contributed by atoms with Gasteiger partial charge in [-0.3, -0.25) is 10.1 Å². The molecule has 0 saturated carbocycles. The van der Waals surface area contributed by atoms with E-state index in [1.54, 1.807) is 6.20 Å². The van der Waals surface area contributed by atoms with Gasteiger partial charge in [-0.05, 0) is 26.0 Å². The van der Waals surface area contributed by atoms with Gasteiger partial charge in [0.2, 0.25) is 5.95 Å². The Bertz CT molecular complexity index is 564. The zero-order valence-electron chi connectivity index (χ0n) is 11.2. The van der Waals surface area contributed by atoms with Crippen LogP contribution in [-0.2, 0) is 0 Å². The number of aromatic nitrogens is 4. The Kier molecular flexibility index (Phi) is 3.16. The van der Waals surface area contributed by atoms with Crippen molar-refractivity contribution >= 4 is 5.95 Å². The fourth-order valence-electron chi connectivity index (χ4n) is 2.33. The Morgan fingerprint density at radius 3 is 3.11 bits per heavy atom. The van der Waals surface area contributed by atoms with E-state index >= 15 is 0 Å². The molecule has 2 N–H and O–H groups in total. The predicted molar refractivity (Wildman–Crippen MR) is 74.0 cm³/mol. The maximum atomic E-state index is 4.58. The molecule has 2 aromatic rings. The molecular weight excluding hydrogens is 240 g/mol. The molecule has 0 aliphatic carbocycles. The number of aromatic amines is 1. The Hall–Kier alpha value is -1.95. The molecule has 0 unspecified atom stereocenters. The summed E-state index contributed by atoms with van der Waals surface area (Å²) < 4.78 is 0. The highest BCUT2D eigenvalue weighted by Gasteiger charge is 2.19. The largest absolute Gasteiger partial charge is 0.337 e. The number of nitrogens with zero attached hydrogens (tertiary/aromatic N) is 4. The van der Waals surface area contributed by atoms with E-state index in [2.05, 4.69) is 37.3 Å². The lowest BCUT2D eigenvalue weighted by Gasteiger charge is -2.30. The van der Waals surface area contributed by atoms with E-state index < -0.39 is 0 Å². The van der Waals surface area contributed by atoms with Crippen molar-refractivity contribution in [2.75, 3.05) is 24.5 Å². The van der Waals surface area contributed by atoms with Gasteiger partial charge in [0, 0.05) is 43.1 Å². The van der Waals surface area contributed by atoms with E-state index in [1.807, 2.05) is 19.1 Å². The van der Waals surface area contributed by atoms with Crippen LogP contribution in [0.3, 0.4) is 0 Å². The molecule has 0 aromatic carbocycles. The van der Waals surface area contributed by atoms with Crippen LogP contribution in [-0.4, -0.2) is 45.8 Å². The highest BCUT2D eigenvalue weighted by molar-refractivity contribution is 5.56. The minimum Gasteiger partial charge on any atom is -0.337 e. The predicted octanol–water partition coefficient (Wildman–Crippen LogP) is 0.973. The average Bonchev–Trinajstić information content (AvgIpc) is 2.88. The van der Waals surface area contributed by atoms with Crippen LogP contribution in [0.15, 0.2) is 18.3 Å². The van der Waals surface area contributed by atoms with Gasteiger partial charge < -0.3 is 10.2 Å². The molecule has 19 heavy (non-hydrogen) atoms. The number of H-pyrrole nitrogens is 1. The van der Waals surface area contributed by atoms with Crippen LogP contribution in [0.5, 0.6) is 0 Å². The molecule has 0 amide bonds. The highest BCUT2D eigenvalue weighted by atomic mass is 15.4. The highest BCUT2D eigenvalue weighted by Crippen LogP contribution is 2.18. The van der Waals surface area contributed by atoms with Gasteiger partial charge in [-0.1, -0.05) is 0 Å². The van der Waals surface area contributed by atoms with Gasteiger partial charge in [-0.2, -0.15) is 4.98 Å². The first-order chi connectivity index (χ1) is 9.22. The smallest absolute Gasteiger partial charge is 0.245 e. The summed E-state index contributed by atoms with van der Waals surface area (Å²) in [5, 5.41) is 10.7. The Balaban J connectivity index is 1.83. The molecule has 0 spiro atoms. The van der Waals surface area contributed by atoms with Crippen LogP contribution in [0, 0.1) is 6.92 Å². The van der Waals surface area contributed by atoms with Crippen molar-refractivity contribution in [3.8, 4) is 11.4 Å². The van der Waals surface area contributed by atoms with Crippen molar-refractivity contribution in [3.05, 3.63) is 24.0 Å². The second kappa shape index (κ2) is 4.97. The van der Waals surface area contributed by atoms with Crippen molar-refractivity contribution in [1.29, 1.82) is 0 Å². The molecule has 0 radical (unpaired) electrons. The third kappa shape index (κ3) is 2.58. The molecule has 6 nitrogen and oxygen atoms in total. The lowest BCUT2D eigenvalue weighted by molar-refractivity contribution is 0.480. The zero-order valence-corrected chi connectivity index (χ0v) is 11.2. The molecule has 100 valence electrons. The number of aryl methyl sites for hydroxylation is 1. The number of hydrogen-bond acceptors (Lipinski definition) is 5. The number of hydrogen-bond donors (Lipinski definition) is 2. The summed E-state index contributed by atoms with van der Waals surface area (Å²) >= 11 is 0. The van der Waals surface area contributed by atoms with Crippen molar-refractivity contribution in [1.82, 2.24) is 25.5 Å². The monoisotopic (exact) mass is 258 g/mol. The number of anilines is 1. The van der Waals surface area contributed by atoms with E-state index in [1.165, 1.54) is 0 Å². The molecule has 1 fully saturated rings. The minimum atomic E-state index is 0.471. The summed E-state index contributed by atoms with van der Waals surface area (Å²) in [4.78, 5) is 11.0. The third-order valence-corrected chi connectivity index (χ3v) is 3.30. The first kappa shape index (κ1) is 12.1. The summed E-state index contributed by atoms with van der Waals surface area (Å²) in [6.45, 7) is 6.99. The van der Waals surface area contributed by atoms with E-state index in [0.717, 1.165) is 42.7 Å². The third-order valence-electron chi connectivity index (χ3n) is 3.30. The molecular formula is C13H18N6. The summed E-state index contributed by atoms with van der Waals surface area (Å²) in [6, 6.07) is 4.42. The molecule has 0 bridgehead atoms. The summed E-state index contributed by atoms with van der Waals surface area (Å²) in [5.41, 5.74) is 2.00. The lowest BCUT2D eigenvalue weighted by atomic mass is 10.2. The summed E-state index contributed by atoms with van der Waals surface area (Å²) in [6.07, 6.45) is 1.79. The maximum absolute atomic E-state index is 4.58. The standard InChI is InChI=1S/C13H18N6/c1-9-7-11(3-4-14-9)12-16-13(18-17-12)19-6-5-15-10(2)8-19/h3-4,7,10,15H,5-6,8H2,1-2H3,(H,16,17,18)/t10-/m1/s1. The quantitative estimate of drug-likeness (QED) is 0.840. The van der Waals surface area contributed by atoms with Gasteiger partial charge >= 0.3 is 0 Å².